The first-order valence-corrected chi connectivity index (χ1v) is 9.22. The Morgan fingerprint density at radius 2 is 1.73 bits per heavy atom. The standard InChI is InChI=1S/C18H22N8O4/c1-4-25-16(18(30)22-12-9-20-24(3)11(12)2)13(10-21-25)23-17(29)14-5-7-19-26(14)8-6-15(27)28/h5,7,9-10H,4,6,8H2,1-3H3,(H,22,30)(H,23,29)(H,27,28). The number of hydrogen-bond acceptors (Lipinski definition) is 6. The van der Waals surface area contributed by atoms with Crippen LogP contribution in [0.4, 0.5) is 11.4 Å². The molecule has 3 N–H and O–H groups in total. The first kappa shape index (κ1) is 20.8. The van der Waals surface area contributed by atoms with Gasteiger partial charge in [-0.2, -0.15) is 15.3 Å². The van der Waals surface area contributed by atoms with E-state index in [4.69, 9.17) is 5.11 Å². The van der Waals surface area contributed by atoms with Crippen LogP contribution in [0.1, 0.15) is 40.0 Å². The van der Waals surface area contributed by atoms with Gasteiger partial charge in [-0.1, -0.05) is 0 Å². The molecule has 2 amide bonds. The Labute approximate surface area is 171 Å². The van der Waals surface area contributed by atoms with Gasteiger partial charge in [-0.25, -0.2) is 0 Å². The van der Waals surface area contributed by atoms with Crippen LogP contribution in [0.3, 0.4) is 0 Å². The van der Waals surface area contributed by atoms with Crippen LogP contribution in [0.2, 0.25) is 0 Å². The number of carboxylic acid groups (broad SMARTS) is 1. The molecule has 0 aromatic carbocycles. The topological polar surface area (TPSA) is 149 Å². The van der Waals surface area contributed by atoms with E-state index in [1.807, 2.05) is 13.8 Å². The maximum atomic E-state index is 12.9. The minimum Gasteiger partial charge on any atom is -0.481 e. The van der Waals surface area contributed by atoms with E-state index in [0.29, 0.717) is 12.2 Å². The van der Waals surface area contributed by atoms with Crippen molar-refractivity contribution in [2.75, 3.05) is 10.6 Å². The van der Waals surface area contributed by atoms with Gasteiger partial charge in [-0.05, 0) is 19.9 Å². The average Bonchev–Trinajstić information content (AvgIpc) is 3.41. The maximum Gasteiger partial charge on any atom is 0.305 e. The molecule has 0 aliphatic rings. The minimum absolute atomic E-state index is 0.0485. The van der Waals surface area contributed by atoms with Crippen LogP contribution < -0.4 is 10.6 Å². The Bertz CT molecular complexity index is 1090. The van der Waals surface area contributed by atoms with Gasteiger partial charge < -0.3 is 15.7 Å². The lowest BCUT2D eigenvalue weighted by molar-refractivity contribution is -0.137. The molecule has 3 aromatic rings. The number of nitrogens with one attached hydrogen (secondary N) is 2. The van der Waals surface area contributed by atoms with Gasteiger partial charge in [0.1, 0.15) is 11.4 Å². The Kier molecular flexibility index (Phi) is 5.95. The predicted octanol–water partition coefficient (Wildman–Crippen LogP) is 1.12. The van der Waals surface area contributed by atoms with Crippen molar-refractivity contribution in [1.29, 1.82) is 0 Å². The molecule has 30 heavy (non-hydrogen) atoms. The van der Waals surface area contributed by atoms with E-state index in [-0.39, 0.29) is 30.0 Å². The normalized spacial score (nSPS) is 10.8. The highest BCUT2D eigenvalue weighted by Gasteiger charge is 2.22. The summed E-state index contributed by atoms with van der Waals surface area (Å²) in [6.45, 7) is 4.11. The van der Waals surface area contributed by atoms with Gasteiger partial charge in [0.25, 0.3) is 11.8 Å². The fourth-order valence-electron chi connectivity index (χ4n) is 2.85. The SMILES string of the molecule is CCn1ncc(NC(=O)c2ccnn2CCC(=O)O)c1C(=O)Nc1cnn(C)c1C. The van der Waals surface area contributed by atoms with Crippen molar-refractivity contribution in [3.63, 3.8) is 0 Å². The number of carbonyl (C=O) groups excluding carboxylic acids is 2. The molecule has 3 aromatic heterocycles. The molecule has 12 heteroatoms. The van der Waals surface area contributed by atoms with Gasteiger partial charge in [-0.3, -0.25) is 28.4 Å². The van der Waals surface area contributed by atoms with E-state index < -0.39 is 17.8 Å². The van der Waals surface area contributed by atoms with E-state index >= 15 is 0 Å². The molecule has 3 heterocycles. The number of nitrogens with zero attached hydrogens (tertiary/aromatic N) is 6. The summed E-state index contributed by atoms with van der Waals surface area (Å²) in [5, 5.41) is 26.5. The second-order valence-corrected chi connectivity index (χ2v) is 6.48. The summed E-state index contributed by atoms with van der Waals surface area (Å²) in [5.41, 5.74) is 1.92. The molecular formula is C18H22N8O4. The third kappa shape index (κ3) is 4.21. The summed E-state index contributed by atoms with van der Waals surface area (Å²) >= 11 is 0. The van der Waals surface area contributed by atoms with E-state index in [9.17, 15) is 14.4 Å². The van der Waals surface area contributed by atoms with Crippen LogP contribution in [-0.4, -0.2) is 52.2 Å². The molecule has 158 valence electrons. The Morgan fingerprint density at radius 3 is 2.37 bits per heavy atom. The third-order valence-electron chi connectivity index (χ3n) is 4.57. The van der Waals surface area contributed by atoms with E-state index in [1.165, 1.54) is 27.8 Å². The number of aryl methyl sites for hydroxylation is 3. The summed E-state index contributed by atoms with van der Waals surface area (Å²) in [5.74, 6) is -1.97. The second kappa shape index (κ2) is 8.59. The van der Waals surface area contributed by atoms with E-state index in [1.54, 1.807) is 17.9 Å². The lowest BCUT2D eigenvalue weighted by Crippen LogP contribution is -2.23. The van der Waals surface area contributed by atoms with Crippen molar-refractivity contribution < 1.29 is 19.5 Å². The van der Waals surface area contributed by atoms with E-state index in [2.05, 4.69) is 25.9 Å². The van der Waals surface area contributed by atoms with Crippen LogP contribution in [0.15, 0.2) is 24.7 Å². The highest BCUT2D eigenvalue weighted by molar-refractivity contribution is 6.11. The molecule has 0 radical (unpaired) electrons. The fourth-order valence-corrected chi connectivity index (χ4v) is 2.85. The van der Waals surface area contributed by atoms with Crippen molar-refractivity contribution in [1.82, 2.24) is 29.3 Å². The number of hydrogen-bond donors (Lipinski definition) is 3. The van der Waals surface area contributed by atoms with Crippen LogP contribution in [-0.2, 0) is 24.9 Å². The fraction of sp³-hybridized carbons (Fsp3) is 0.333. The molecule has 0 unspecified atom stereocenters. The number of aliphatic carboxylic acids is 1. The Morgan fingerprint density at radius 1 is 1.03 bits per heavy atom. The molecule has 12 nitrogen and oxygen atoms in total. The first-order valence-electron chi connectivity index (χ1n) is 9.22. The van der Waals surface area contributed by atoms with Crippen LogP contribution in [0.5, 0.6) is 0 Å². The van der Waals surface area contributed by atoms with Crippen LogP contribution in [0, 0.1) is 6.92 Å². The van der Waals surface area contributed by atoms with Gasteiger partial charge in [0.05, 0.1) is 42.4 Å². The van der Waals surface area contributed by atoms with Crippen LogP contribution in [0.25, 0.3) is 0 Å². The maximum absolute atomic E-state index is 12.9. The molecular weight excluding hydrogens is 392 g/mol. The lowest BCUT2D eigenvalue weighted by atomic mass is 10.3. The quantitative estimate of drug-likeness (QED) is 0.500. The summed E-state index contributed by atoms with van der Waals surface area (Å²) in [6, 6.07) is 1.47. The number of amides is 2. The molecule has 0 saturated heterocycles. The highest BCUT2D eigenvalue weighted by Crippen LogP contribution is 2.20. The van der Waals surface area contributed by atoms with Crippen molar-refractivity contribution >= 4 is 29.2 Å². The third-order valence-corrected chi connectivity index (χ3v) is 4.57. The van der Waals surface area contributed by atoms with Crippen LogP contribution >= 0.6 is 0 Å². The highest BCUT2D eigenvalue weighted by atomic mass is 16.4. The number of rotatable bonds is 8. The summed E-state index contributed by atoms with van der Waals surface area (Å²) in [7, 11) is 1.76. The number of aromatic nitrogens is 6. The number of anilines is 2. The zero-order valence-corrected chi connectivity index (χ0v) is 16.8. The largest absolute Gasteiger partial charge is 0.481 e. The van der Waals surface area contributed by atoms with Crippen molar-refractivity contribution in [3.05, 3.63) is 41.7 Å². The zero-order valence-electron chi connectivity index (χ0n) is 16.8. The number of carbonyl (C=O) groups is 3. The summed E-state index contributed by atoms with van der Waals surface area (Å²) < 4.78 is 4.40. The first-order chi connectivity index (χ1) is 14.3. The second-order valence-electron chi connectivity index (χ2n) is 6.48. The summed E-state index contributed by atoms with van der Waals surface area (Å²) in [6.07, 6.45) is 4.17. The van der Waals surface area contributed by atoms with E-state index in [0.717, 1.165) is 5.69 Å². The molecule has 0 aliphatic carbocycles. The van der Waals surface area contributed by atoms with Gasteiger partial charge in [0.2, 0.25) is 0 Å². The monoisotopic (exact) mass is 414 g/mol. The molecule has 0 aliphatic heterocycles. The zero-order chi connectivity index (χ0) is 21.8. The summed E-state index contributed by atoms with van der Waals surface area (Å²) in [4.78, 5) is 36.4. The molecule has 3 rings (SSSR count). The molecule has 0 atom stereocenters. The average molecular weight is 414 g/mol. The predicted molar refractivity (Wildman–Crippen MR) is 106 cm³/mol. The molecule has 0 bridgehead atoms. The van der Waals surface area contributed by atoms with Gasteiger partial charge in [-0.15, -0.1) is 0 Å². The van der Waals surface area contributed by atoms with Crippen molar-refractivity contribution in [2.24, 2.45) is 7.05 Å². The smallest absolute Gasteiger partial charge is 0.305 e. The van der Waals surface area contributed by atoms with Crippen molar-refractivity contribution in [3.8, 4) is 0 Å². The minimum atomic E-state index is -0.995. The molecule has 0 spiro atoms. The van der Waals surface area contributed by atoms with Gasteiger partial charge >= 0.3 is 5.97 Å². The Balaban J connectivity index is 1.82. The lowest BCUT2D eigenvalue weighted by Gasteiger charge is -2.10. The van der Waals surface area contributed by atoms with Crippen molar-refractivity contribution in [2.45, 2.75) is 33.4 Å². The molecule has 0 saturated carbocycles. The number of carboxylic acids is 1. The Hall–Kier alpha value is -3.96. The molecule has 0 fully saturated rings. The van der Waals surface area contributed by atoms with Gasteiger partial charge in [0.15, 0.2) is 0 Å². The van der Waals surface area contributed by atoms with Gasteiger partial charge in [0, 0.05) is 19.8 Å².